The van der Waals surface area contributed by atoms with Crippen LogP contribution in [0.2, 0.25) is 0 Å². The molecule has 0 aliphatic carbocycles. The molecule has 0 atom stereocenters. The van der Waals surface area contributed by atoms with Crippen LogP contribution in [0.4, 0.5) is 22.1 Å². The van der Waals surface area contributed by atoms with Gasteiger partial charge in [-0.05, 0) is 54.4 Å². The average Bonchev–Trinajstić information content (AvgIpc) is 3.13. The van der Waals surface area contributed by atoms with Crippen LogP contribution in [0, 0.1) is 0 Å². The van der Waals surface area contributed by atoms with Crippen LogP contribution in [0.25, 0.3) is 10.9 Å². The van der Waals surface area contributed by atoms with Gasteiger partial charge in [0.1, 0.15) is 5.69 Å². The number of benzene rings is 2. The van der Waals surface area contributed by atoms with E-state index in [0.717, 1.165) is 11.5 Å². The lowest BCUT2D eigenvalue weighted by Gasteiger charge is -2.20. The van der Waals surface area contributed by atoms with E-state index < -0.39 is 20.2 Å². The summed E-state index contributed by atoms with van der Waals surface area (Å²) < 4.78 is 67.0. The maximum Gasteiger partial charge on any atom is 0.294 e. The minimum absolute atomic E-state index is 0.205. The quantitative estimate of drug-likeness (QED) is 0.277. The zero-order chi connectivity index (χ0) is 25.1. The molecule has 3 rings (SSSR count). The molecular weight excluding hydrogens is 506 g/mol. The lowest BCUT2D eigenvalue weighted by molar-refractivity contribution is -0.114. The second-order valence-corrected chi connectivity index (χ2v) is 11.0. The van der Waals surface area contributed by atoms with Crippen molar-refractivity contribution < 1.29 is 30.7 Å². The maximum atomic E-state index is 11.7. The minimum atomic E-state index is -4.40. The molecule has 34 heavy (non-hydrogen) atoms. The van der Waals surface area contributed by atoms with E-state index in [9.17, 15) is 26.2 Å². The number of hydrogen-bond donors (Lipinski definition) is 3. The van der Waals surface area contributed by atoms with Gasteiger partial charge in [-0.15, -0.1) is 10.2 Å². The third-order valence-corrected chi connectivity index (χ3v) is 7.02. The van der Waals surface area contributed by atoms with Crippen LogP contribution in [0.1, 0.15) is 13.3 Å². The molecule has 1 heterocycles. The fraction of sp³-hybridized carbons (Fsp3) is 0.263. The van der Waals surface area contributed by atoms with Crippen molar-refractivity contribution in [2.75, 3.05) is 29.6 Å². The number of aromatic nitrogens is 1. The van der Waals surface area contributed by atoms with Crippen molar-refractivity contribution in [3.8, 4) is 0 Å². The van der Waals surface area contributed by atoms with Gasteiger partial charge >= 0.3 is 0 Å². The van der Waals surface area contributed by atoms with Crippen molar-refractivity contribution in [1.82, 2.24) is 4.37 Å². The SMILES string of the molecule is CC(=O)Nc1cc(N(C)CCCS(=O)(=O)O)ccc1N=Nc1snc2ccc(S(=O)(=O)O)cc12. The highest BCUT2D eigenvalue weighted by Gasteiger charge is 2.14. The number of hydrogen-bond acceptors (Lipinski definition) is 10. The highest BCUT2D eigenvalue weighted by Crippen LogP contribution is 2.36. The molecule has 0 aliphatic rings. The highest BCUT2D eigenvalue weighted by molar-refractivity contribution is 7.86. The number of nitrogens with one attached hydrogen (secondary N) is 1. The van der Waals surface area contributed by atoms with Crippen LogP contribution >= 0.6 is 11.5 Å². The van der Waals surface area contributed by atoms with Gasteiger partial charge < -0.3 is 10.2 Å². The summed E-state index contributed by atoms with van der Waals surface area (Å²) in [6.45, 7) is 1.67. The molecule has 0 aliphatic heterocycles. The number of carbonyl (C=O) groups is 1. The van der Waals surface area contributed by atoms with E-state index >= 15 is 0 Å². The van der Waals surface area contributed by atoms with E-state index in [1.165, 1.54) is 25.1 Å². The topological polar surface area (TPSA) is 179 Å². The van der Waals surface area contributed by atoms with Gasteiger partial charge in [0.2, 0.25) is 5.91 Å². The Morgan fingerprint density at radius 1 is 1.12 bits per heavy atom. The largest absolute Gasteiger partial charge is 0.375 e. The molecule has 1 amide bonds. The maximum absolute atomic E-state index is 11.7. The summed E-state index contributed by atoms with van der Waals surface area (Å²) in [7, 11) is -6.72. The van der Waals surface area contributed by atoms with Gasteiger partial charge in [-0.1, -0.05) is 0 Å². The van der Waals surface area contributed by atoms with Crippen molar-refractivity contribution in [2.24, 2.45) is 10.2 Å². The van der Waals surface area contributed by atoms with Crippen LogP contribution in [-0.2, 0) is 25.0 Å². The van der Waals surface area contributed by atoms with Crippen LogP contribution in [-0.4, -0.2) is 55.6 Å². The number of fused-ring (bicyclic) bond motifs is 1. The van der Waals surface area contributed by atoms with E-state index in [0.29, 0.717) is 39.5 Å². The molecule has 0 unspecified atom stereocenters. The molecule has 3 aromatic rings. The van der Waals surface area contributed by atoms with E-state index in [1.807, 2.05) is 0 Å². The molecule has 1 aromatic heterocycles. The molecule has 0 saturated heterocycles. The molecular formula is C19H21N5O7S3. The molecule has 0 saturated carbocycles. The molecule has 182 valence electrons. The summed E-state index contributed by atoms with van der Waals surface area (Å²) in [4.78, 5) is 13.1. The molecule has 0 spiro atoms. The van der Waals surface area contributed by atoms with Crippen molar-refractivity contribution in [1.29, 1.82) is 0 Å². The van der Waals surface area contributed by atoms with Crippen molar-refractivity contribution in [2.45, 2.75) is 18.2 Å². The molecule has 0 radical (unpaired) electrons. The van der Waals surface area contributed by atoms with E-state index in [1.54, 1.807) is 30.1 Å². The van der Waals surface area contributed by atoms with Gasteiger partial charge in [-0.2, -0.15) is 21.2 Å². The van der Waals surface area contributed by atoms with Gasteiger partial charge in [-0.3, -0.25) is 13.9 Å². The van der Waals surface area contributed by atoms with E-state index in [4.69, 9.17) is 4.55 Å². The Morgan fingerprint density at radius 3 is 2.50 bits per heavy atom. The molecule has 0 bridgehead atoms. The summed E-state index contributed by atoms with van der Waals surface area (Å²) >= 11 is 0.988. The van der Waals surface area contributed by atoms with Crippen LogP contribution in [0.15, 0.2) is 51.5 Å². The van der Waals surface area contributed by atoms with Gasteiger partial charge in [-0.25, -0.2) is 0 Å². The number of azo groups is 1. The number of carbonyl (C=O) groups excluding carboxylic acids is 1. The molecule has 2 aromatic carbocycles. The molecule has 3 N–H and O–H groups in total. The highest BCUT2D eigenvalue weighted by atomic mass is 32.2. The third kappa shape index (κ3) is 6.77. The standard InChI is InChI=1S/C19H21N5O7S3/c1-12(25)20-18-10-13(24(2)8-3-9-33(26,27)28)4-6-17(18)21-22-19-15-11-14(34(29,30)31)5-7-16(15)23-32-19/h4-7,10-11H,3,8-9H2,1-2H3,(H,20,25)(H,26,27,28)(H,29,30,31). The van der Waals surface area contributed by atoms with Crippen LogP contribution in [0.3, 0.4) is 0 Å². The van der Waals surface area contributed by atoms with Gasteiger partial charge in [0.25, 0.3) is 20.2 Å². The van der Waals surface area contributed by atoms with Crippen molar-refractivity contribution >= 4 is 70.6 Å². The van der Waals surface area contributed by atoms with Gasteiger partial charge in [0, 0.05) is 31.6 Å². The van der Waals surface area contributed by atoms with Gasteiger partial charge in [0.05, 0.1) is 21.9 Å². The Bertz CT molecular complexity index is 1470. The lowest BCUT2D eigenvalue weighted by Crippen LogP contribution is -2.21. The average molecular weight is 528 g/mol. The summed E-state index contributed by atoms with van der Waals surface area (Å²) in [5.41, 5.74) is 1.81. The number of nitrogens with zero attached hydrogens (tertiary/aromatic N) is 4. The van der Waals surface area contributed by atoms with Crippen molar-refractivity contribution in [3.63, 3.8) is 0 Å². The van der Waals surface area contributed by atoms with E-state index in [-0.39, 0.29) is 23.0 Å². The summed E-state index contributed by atoms with van der Waals surface area (Å²) in [5, 5.41) is 11.7. The van der Waals surface area contributed by atoms with Crippen LogP contribution in [0.5, 0.6) is 0 Å². The Hall–Kier alpha value is -2.98. The Labute approximate surface area is 200 Å². The predicted octanol–water partition coefficient (Wildman–Crippen LogP) is 3.63. The lowest BCUT2D eigenvalue weighted by atomic mass is 10.2. The summed E-state index contributed by atoms with van der Waals surface area (Å²) in [5.74, 6) is -0.715. The minimum Gasteiger partial charge on any atom is -0.375 e. The Morgan fingerprint density at radius 2 is 1.85 bits per heavy atom. The third-order valence-electron chi connectivity index (χ3n) is 4.60. The number of amides is 1. The monoisotopic (exact) mass is 527 g/mol. The first-order valence-corrected chi connectivity index (χ1v) is 13.5. The van der Waals surface area contributed by atoms with Gasteiger partial charge in [0.15, 0.2) is 5.00 Å². The predicted molar refractivity (Wildman–Crippen MR) is 129 cm³/mol. The second kappa shape index (κ2) is 10.1. The first-order chi connectivity index (χ1) is 15.8. The molecule has 0 fully saturated rings. The fourth-order valence-corrected chi connectivity index (χ4v) is 4.68. The summed E-state index contributed by atoms with van der Waals surface area (Å²) in [6, 6.07) is 8.89. The van der Waals surface area contributed by atoms with E-state index in [2.05, 4.69) is 19.9 Å². The zero-order valence-electron chi connectivity index (χ0n) is 18.0. The smallest absolute Gasteiger partial charge is 0.294 e. The fourth-order valence-electron chi connectivity index (χ4n) is 2.99. The number of anilines is 2. The normalized spacial score (nSPS) is 12.4. The van der Waals surface area contributed by atoms with Crippen molar-refractivity contribution in [3.05, 3.63) is 36.4 Å². The second-order valence-electron chi connectivity index (χ2n) is 7.29. The first-order valence-electron chi connectivity index (χ1n) is 9.70. The molecule has 12 nitrogen and oxygen atoms in total. The zero-order valence-corrected chi connectivity index (χ0v) is 20.5. The first kappa shape index (κ1) is 25.6. The number of rotatable bonds is 9. The molecule has 15 heteroatoms. The summed E-state index contributed by atoms with van der Waals surface area (Å²) in [6.07, 6.45) is 0.205. The van der Waals surface area contributed by atoms with Crippen LogP contribution < -0.4 is 10.2 Å². The Kier molecular flexibility index (Phi) is 7.62. The Balaban J connectivity index is 1.89.